The Morgan fingerprint density at radius 2 is 2.24 bits per heavy atom. The van der Waals surface area contributed by atoms with Gasteiger partial charge >= 0.3 is 0 Å². The van der Waals surface area contributed by atoms with Crippen LogP contribution in [-0.2, 0) is 4.74 Å². The van der Waals surface area contributed by atoms with Crippen molar-refractivity contribution >= 4 is 44.7 Å². The number of halogens is 1. The fourth-order valence-corrected chi connectivity index (χ4v) is 4.17. The molecule has 0 bridgehead atoms. The SMILES string of the molecule is NC(=O)c1nnc(NC2CCOC2)c2cc(-c3cccc(Cl)c3)sc12. The standard InChI is InChI=1S/C17H15ClN4O2S/c18-10-3-1-2-9(6-10)13-7-12-15(25-13)14(16(19)23)21-22-17(12)20-11-4-5-24-8-11/h1-3,6-7,11H,4-5,8H2,(H2,19,23)(H,20,22). The number of anilines is 1. The minimum atomic E-state index is -0.590. The van der Waals surface area contributed by atoms with Gasteiger partial charge in [0.15, 0.2) is 11.5 Å². The number of carbonyl (C=O) groups is 1. The molecule has 3 N–H and O–H groups in total. The van der Waals surface area contributed by atoms with Gasteiger partial charge in [0.25, 0.3) is 5.91 Å². The van der Waals surface area contributed by atoms with Crippen molar-refractivity contribution in [2.45, 2.75) is 12.5 Å². The van der Waals surface area contributed by atoms with E-state index in [0.29, 0.717) is 17.4 Å². The van der Waals surface area contributed by atoms with Crippen LogP contribution in [0, 0.1) is 0 Å². The first-order valence-corrected chi connectivity index (χ1v) is 9.01. The summed E-state index contributed by atoms with van der Waals surface area (Å²) >= 11 is 7.55. The third-order valence-corrected chi connectivity index (χ3v) is 5.49. The van der Waals surface area contributed by atoms with E-state index in [9.17, 15) is 4.79 Å². The number of nitrogens with two attached hydrogens (primary N) is 1. The van der Waals surface area contributed by atoms with Gasteiger partial charge < -0.3 is 15.8 Å². The Bertz CT molecular complexity index is 953. The third kappa shape index (κ3) is 3.18. The summed E-state index contributed by atoms with van der Waals surface area (Å²) in [6, 6.07) is 9.75. The molecule has 1 fully saturated rings. The molecule has 128 valence electrons. The molecule has 1 aromatic carbocycles. The van der Waals surface area contributed by atoms with Crippen molar-refractivity contribution in [3.05, 3.63) is 41.0 Å². The van der Waals surface area contributed by atoms with Crippen LogP contribution < -0.4 is 11.1 Å². The second-order valence-corrected chi connectivity index (χ2v) is 7.32. The minimum Gasteiger partial charge on any atom is -0.379 e. The highest BCUT2D eigenvalue weighted by Crippen LogP contribution is 2.38. The van der Waals surface area contributed by atoms with Crippen LogP contribution in [-0.4, -0.2) is 35.4 Å². The molecule has 2 aromatic heterocycles. The van der Waals surface area contributed by atoms with Crippen LogP contribution in [0.25, 0.3) is 20.5 Å². The van der Waals surface area contributed by atoms with Gasteiger partial charge in [-0.15, -0.1) is 21.5 Å². The third-order valence-electron chi connectivity index (χ3n) is 4.07. The first-order chi connectivity index (χ1) is 12.1. The van der Waals surface area contributed by atoms with Crippen molar-refractivity contribution in [2.24, 2.45) is 5.73 Å². The number of ether oxygens (including phenoxy) is 1. The first kappa shape index (κ1) is 16.3. The number of carbonyl (C=O) groups excluding carboxylic acids is 1. The Balaban J connectivity index is 1.84. The quantitative estimate of drug-likeness (QED) is 0.731. The topological polar surface area (TPSA) is 90.1 Å². The molecule has 1 aliphatic heterocycles. The zero-order valence-corrected chi connectivity index (χ0v) is 14.7. The number of thiophene rings is 1. The molecule has 0 aliphatic carbocycles. The van der Waals surface area contributed by atoms with Gasteiger partial charge in [-0.05, 0) is 30.2 Å². The number of rotatable bonds is 4. The predicted molar refractivity (Wildman–Crippen MR) is 99.2 cm³/mol. The highest BCUT2D eigenvalue weighted by Gasteiger charge is 2.21. The van der Waals surface area contributed by atoms with Gasteiger partial charge in [0.2, 0.25) is 0 Å². The molecule has 0 radical (unpaired) electrons. The Kier molecular flexibility index (Phi) is 4.29. The zero-order chi connectivity index (χ0) is 17.4. The fourth-order valence-electron chi connectivity index (χ4n) is 2.84. The number of primary amides is 1. The van der Waals surface area contributed by atoms with Gasteiger partial charge in [0.05, 0.1) is 17.3 Å². The van der Waals surface area contributed by atoms with E-state index < -0.39 is 5.91 Å². The molecule has 3 aromatic rings. The summed E-state index contributed by atoms with van der Waals surface area (Å²) < 4.78 is 6.12. The fraction of sp³-hybridized carbons (Fsp3) is 0.235. The van der Waals surface area contributed by atoms with Crippen molar-refractivity contribution in [3.63, 3.8) is 0 Å². The lowest BCUT2D eigenvalue weighted by Crippen LogP contribution is -2.21. The van der Waals surface area contributed by atoms with Crippen LogP contribution in [0.4, 0.5) is 5.82 Å². The Morgan fingerprint density at radius 3 is 2.96 bits per heavy atom. The molecule has 8 heteroatoms. The minimum absolute atomic E-state index is 0.182. The maximum Gasteiger partial charge on any atom is 0.270 e. The van der Waals surface area contributed by atoms with E-state index in [0.717, 1.165) is 33.6 Å². The summed E-state index contributed by atoms with van der Waals surface area (Å²) in [4.78, 5) is 12.7. The molecule has 4 rings (SSSR count). The number of benzene rings is 1. The predicted octanol–water partition coefficient (Wildman–Crippen LogP) is 3.31. The number of amides is 1. The maximum atomic E-state index is 11.7. The second-order valence-electron chi connectivity index (χ2n) is 5.83. The zero-order valence-electron chi connectivity index (χ0n) is 13.2. The van der Waals surface area contributed by atoms with Crippen molar-refractivity contribution in [2.75, 3.05) is 18.5 Å². The number of hydrogen-bond donors (Lipinski definition) is 2. The normalized spacial score (nSPS) is 17.1. The molecule has 1 saturated heterocycles. The van der Waals surface area contributed by atoms with Crippen molar-refractivity contribution in [1.82, 2.24) is 10.2 Å². The molecule has 6 nitrogen and oxygen atoms in total. The van der Waals surface area contributed by atoms with E-state index in [2.05, 4.69) is 15.5 Å². The summed E-state index contributed by atoms with van der Waals surface area (Å²) in [5, 5.41) is 13.0. The molecule has 3 heterocycles. The molecule has 1 amide bonds. The summed E-state index contributed by atoms with van der Waals surface area (Å²) in [7, 11) is 0. The highest BCUT2D eigenvalue weighted by atomic mass is 35.5. The van der Waals surface area contributed by atoms with E-state index in [1.54, 1.807) is 0 Å². The smallest absolute Gasteiger partial charge is 0.270 e. The monoisotopic (exact) mass is 374 g/mol. The van der Waals surface area contributed by atoms with Crippen molar-refractivity contribution < 1.29 is 9.53 Å². The van der Waals surface area contributed by atoms with Gasteiger partial charge in [-0.1, -0.05) is 23.7 Å². The molecule has 25 heavy (non-hydrogen) atoms. The van der Waals surface area contributed by atoms with Crippen LogP contribution >= 0.6 is 22.9 Å². The van der Waals surface area contributed by atoms with E-state index in [4.69, 9.17) is 22.1 Å². The van der Waals surface area contributed by atoms with E-state index in [1.807, 2.05) is 30.3 Å². The lowest BCUT2D eigenvalue weighted by atomic mass is 10.1. The average molecular weight is 375 g/mol. The van der Waals surface area contributed by atoms with Crippen LogP contribution in [0.15, 0.2) is 30.3 Å². The summed E-state index contributed by atoms with van der Waals surface area (Å²) in [6.07, 6.45) is 0.909. The summed E-state index contributed by atoms with van der Waals surface area (Å²) in [5.41, 5.74) is 6.62. The van der Waals surface area contributed by atoms with Crippen molar-refractivity contribution in [3.8, 4) is 10.4 Å². The largest absolute Gasteiger partial charge is 0.379 e. The van der Waals surface area contributed by atoms with Gasteiger partial charge in [0, 0.05) is 21.9 Å². The van der Waals surface area contributed by atoms with Crippen LogP contribution in [0.2, 0.25) is 5.02 Å². The van der Waals surface area contributed by atoms with Gasteiger partial charge in [-0.25, -0.2) is 0 Å². The van der Waals surface area contributed by atoms with Crippen molar-refractivity contribution in [1.29, 1.82) is 0 Å². The lowest BCUT2D eigenvalue weighted by Gasteiger charge is -2.11. The average Bonchev–Trinajstić information content (AvgIpc) is 3.24. The summed E-state index contributed by atoms with van der Waals surface area (Å²) in [6.45, 7) is 1.36. The second kappa shape index (κ2) is 6.59. The Hall–Kier alpha value is -2.22. The molecule has 1 atom stereocenters. The number of nitrogens with zero attached hydrogens (tertiary/aromatic N) is 2. The number of aromatic nitrogens is 2. The van der Waals surface area contributed by atoms with Gasteiger partial charge in [-0.2, -0.15) is 0 Å². The van der Waals surface area contributed by atoms with Gasteiger partial charge in [-0.3, -0.25) is 4.79 Å². The molecular weight excluding hydrogens is 360 g/mol. The van der Waals surface area contributed by atoms with E-state index >= 15 is 0 Å². The first-order valence-electron chi connectivity index (χ1n) is 7.82. The van der Waals surface area contributed by atoms with E-state index in [1.165, 1.54) is 11.3 Å². The molecule has 0 spiro atoms. The van der Waals surface area contributed by atoms with Crippen LogP contribution in [0.5, 0.6) is 0 Å². The van der Waals surface area contributed by atoms with Crippen LogP contribution in [0.3, 0.4) is 0 Å². The maximum absolute atomic E-state index is 11.7. The number of fused-ring (bicyclic) bond motifs is 1. The molecule has 0 saturated carbocycles. The van der Waals surface area contributed by atoms with Gasteiger partial charge in [0.1, 0.15) is 0 Å². The Labute approximate surface area is 153 Å². The van der Waals surface area contributed by atoms with E-state index in [-0.39, 0.29) is 11.7 Å². The molecule has 1 unspecified atom stereocenters. The lowest BCUT2D eigenvalue weighted by molar-refractivity contribution is 0.0996. The molecule has 1 aliphatic rings. The molecular formula is C17H15ClN4O2S. The number of nitrogens with one attached hydrogen (secondary N) is 1. The number of hydrogen-bond acceptors (Lipinski definition) is 6. The highest BCUT2D eigenvalue weighted by molar-refractivity contribution is 7.22. The summed E-state index contributed by atoms with van der Waals surface area (Å²) in [5.74, 6) is 0.0489. The Morgan fingerprint density at radius 1 is 1.36 bits per heavy atom. The van der Waals surface area contributed by atoms with Crippen LogP contribution in [0.1, 0.15) is 16.9 Å².